The molecule has 3 aromatic rings. The zero-order valence-electron chi connectivity index (χ0n) is 23.4. The van der Waals surface area contributed by atoms with Gasteiger partial charge in [-0.15, -0.1) is 0 Å². The molecule has 1 aliphatic heterocycles. The van der Waals surface area contributed by atoms with Crippen LogP contribution in [0.4, 0.5) is 11.5 Å². The Morgan fingerprint density at radius 1 is 1.18 bits per heavy atom. The highest BCUT2D eigenvalue weighted by Crippen LogP contribution is 2.36. The van der Waals surface area contributed by atoms with Crippen molar-refractivity contribution in [2.45, 2.75) is 52.4 Å². The topological polar surface area (TPSA) is 102 Å². The maximum absolute atomic E-state index is 13.1. The smallest absolute Gasteiger partial charge is 0.251 e. The molecule has 1 saturated heterocycles. The number of anilines is 2. The third-order valence-corrected chi connectivity index (χ3v) is 12.0. The van der Waals surface area contributed by atoms with Crippen molar-refractivity contribution in [3.8, 4) is 0 Å². The Morgan fingerprint density at radius 2 is 1.95 bits per heavy atom. The lowest BCUT2D eigenvalue weighted by molar-refractivity contribution is 0.0946. The summed E-state index contributed by atoms with van der Waals surface area (Å²) in [6.07, 6.45) is 5.42. The zero-order chi connectivity index (χ0) is 27.3. The summed E-state index contributed by atoms with van der Waals surface area (Å²) < 4.78 is 11.7. The van der Waals surface area contributed by atoms with E-state index >= 15 is 0 Å². The number of hydrogen-bond donors (Lipinski definition) is 2. The number of ether oxygens (including phenoxy) is 1. The number of hydrogen-bond acceptors (Lipinski definition) is 8. The zero-order valence-corrected chi connectivity index (χ0v) is 24.4. The predicted molar refractivity (Wildman–Crippen MR) is 154 cm³/mol. The Kier molecular flexibility index (Phi) is 8.64. The lowest BCUT2D eigenvalue weighted by Crippen LogP contribution is -2.42. The Bertz CT molecular complexity index is 1270. The maximum Gasteiger partial charge on any atom is 0.251 e. The van der Waals surface area contributed by atoms with Crippen LogP contribution in [-0.4, -0.2) is 68.6 Å². The number of nitrogens with one attached hydrogen (secondary N) is 2. The fourth-order valence-corrected chi connectivity index (χ4v) is 5.02. The molecule has 38 heavy (non-hydrogen) atoms. The first-order chi connectivity index (χ1) is 18.0. The van der Waals surface area contributed by atoms with Crippen LogP contribution < -0.4 is 15.5 Å². The maximum atomic E-state index is 13.1. The molecule has 0 aliphatic carbocycles. The number of rotatable bonds is 9. The van der Waals surface area contributed by atoms with Crippen molar-refractivity contribution >= 4 is 36.8 Å². The summed E-state index contributed by atoms with van der Waals surface area (Å²) in [6, 6.07) is 5.65. The number of aromatic nitrogens is 3. The third-order valence-electron chi connectivity index (χ3n) is 7.51. The molecule has 204 valence electrons. The van der Waals surface area contributed by atoms with Gasteiger partial charge < -0.3 is 24.7 Å². The number of fused-ring (bicyclic) bond motifs is 1. The van der Waals surface area contributed by atoms with Crippen LogP contribution in [0.25, 0.3) is 11.0 Å². The average Bonchev–Trinajstić information content (AvgIpc) is 2.90. The Hall–Kier alpha value is -3.08. The van der Waals surface area contributed by atoms with Crippen LogP contribution >= 0.6 is 0 Å². The van der Waals surface area contributed by atoms with Gasteiger partial charge in [0.25, 0.3) is 5.91 Å². The number of nitrogens with zero attached hydrogens (tertiary/aromatic N) is 4. The van der Waals surface area contributed by atoms with Gasteiger partial charge in [0.2, 0.25) is 0 Å². The first kappa shape index (κ1) is 27.9. The van der Waals surface area contributed by atoms with Crippen LogP contribution in [-0.2, 0) is 15.7 Å². The van der Waals surface area contributed by atoms with Crippen molar-refractivity contribution in [1.29, 1.82) is 0 Å². The van der Waals surface area contributed by atoms with E-state index in [1.54, 1.807) is 18.5 Å². The van der Waals surface area contributed by atoms with Crippen molar-refractivity contribution in [2.24, 2.45) is 0 Å². The van der Waals surface area contributed by atoms with E-state index in [1.807, 2.05) is 18.3 Å². The van der Waals surface area contributed by atoms with E-state index in [4.69, 9.17) is 19.1 Å². The molecule has 0 bridgehead atoms. The van der Waals surface area contributed by atoms with Crippen molar-refractivity contribution in [3.63, 3.8) is 0 Å². The van der Waals surface area contributed by atoms with E-state index in [-0.39, 0.29) is 10.9 Å². The summed E-state index contributed by atoms with van der Waals surface area (Å²) in [7, 11) is -1.87. The summed E-state index contributed by atoms with van der Waals surface area (Å²) >= 11 is 0. The van der Waals surface area contributed by atoms with Crippen molar-refractivity contribution in [2.75, 3.05) is 49.7 Å². The Labute approximate surface area is 226 Å². The van der Waals surface area contributed by atoms with Gasteiger partial charge in [0.1, 0.15) is 11.3 Å². The minimum Gasteiger partial charge on any atom is -0.415 e. The van der Waals surface area contributed by atoms with Crippen LogP contribution in [0.15, 0.2) is 36.8 Å². The second-order valence-corrected chi connectivity index (χ2v) is 16.0. The number of aryl methyl sites for hydroxylation is 1. The number of benzene rings is 1. The van der Waals surface area contributed by atoms with Gasteiger partial charge in [0, 0.05) is 44.1 Å². The monoisotopic (exact) mass is 536 g/mol. The fraction of sp³-hybridized carbons (Fsp3) is 0.500. The molecular weight excluding hydrogens is 496 g/mol. The highest BCUT2D eigenvalue weighted by atomic mass is 28.4. The minimum absolute atomic E-state index is 0.126. The van der Waals surface area contributed by atoms with Crippen LogP contribution in [0.2, 0.25) is 18.1 Å². The largest absolute Gasteiger partial charge is 0.415 e. The summed E-state index contributed by atoms with van der Waals surface area (Å²) in [4.78, 5) is 29.2. The van der Waals surface area contributed by atoms with Crippen molar-refractivity contribution < 1.29 is 14.0 Å². The molecule has 4 rings (SSSR count). The molecule has 2 aromatic heterocycles. The first-order valence-corrected chi connectivity index (χ1v) is 16.1. The molecule has 0 atom stereocenters. The number of carbonyl (C=O) groups excluding carboxylic acids is 1. The average molecular weight is 537 g/mol. The molecule has 1 amide bonds. The van der Waals surface area contributed by atoms with E-state index in [9.17, 15) is 4.79 Å². The van der Waals surface area contributed by atoms with Crippen LogP contribution in [0.1, 0.15) is 42.3 Å². The number of carbonyl (C=O) groups is 1. The van der Waals surface area contributed by atoms with E-state index in [2.05, 4.69) is 61.3 Å². The van der Waals surface area contributed by atoms with E-state index in [0.29, 0.717) is 44.0 Å². The van der Waals surface area contributed by atoms with Crippen LogP contribution in [0.5, 0.6) is 0 Å². The quantitative estimate of drug-likeness (QED) is 0.304. The molecular formula is C28H40N6O3Si. The summed E-state index contributed by atoms with van der Waals surface area (Å²) in [5, 5.41) is 6.63. The molecule has 0 spiro atoms. The molecule has 0 saturated carbocycles. The van der Waals surface area contributed by atoms with Crippen molar-refractivity contribution in [1.82, 2.24) is 20.3 Å². The molecule has 1 fully saturated rings. The highest BCUT2D eigenvalue weighted by Gasteiger charge is 2.36. The third kappa shape index (κ3) is 6.67. The lowest BCUT2D eigenvalue weighted by Gasteiger charge is -2.36. The van der Waals surface area contributed by atoms with E-state index in [1.165, 1.54) is 0 Å². The van der Waals surface area contributed by atoms with Crippen LogP contribution in [0.3, 0.4) is 0 Å². The molecule has 0 unspecified atom stereocenters. The molecule has 1 aromatic carbocycles. The summed E-state index contributed by atoms with van der Waals surface area (Å²) in [5.74, 6) is 0.645. The SMILES string of the molecule is Cc1ccncc1CNc1cc(C(=O)NCCO[Si](C)(C)C(C)(C)C)cc2ncc(N3CCOCC3)nc12. The highest BCUT2D eigenvalue weighted by molar-refractivity contribution is 6.74. The number of morpholine rings is 1. The minimum atomic E-state index is -1.87. The predicted octanol–water partition coefficient (Wildman–Crippen LogP) is 4.53. The van der Waals surface area contributed by atoms with Gasteiger partial charge in [-0.1, -0.05) is 20.8 Å². The van der Waals surface area contributed by atoms with Crippen molar-refractivity contribution in [3.05, 3.63) is 53.5 Å². The van der Waals surface area contributed by atoms with Crippen LogP contribution in [0, 0.1) is 6.92 Å². The van der Waals surface area contributed by atoms with Gasteiger partial charge in [-0.3, -0.25) is 14.8 Å². The van der Waals surface area contributed by atoms with Gasteiger partial charge in [-0.25, -0.2) is 4.98 Å². The van der Waals surface area contributed by atoms with Gasteiger partial charge in [0.15, 0.2) is 8.32 Å². The van der Waals surface area contributed by atoms with Gasteiger partial charge in [0.05, 0.1) is 37.2 Å². The molecule has 10 heteroatoms. The molecule has 1 aliphatic rings. The van der Waals surface area contributed by atoms with Gasteiger partial charge in [-0.2, -0.15) is 0 Å². The molecule has 0 radical (unpaired) electrons. The number of amides is 1. The first-order valence-electron chi connectivity index (χ1n) is 13.2. The summed E-state index contributed by atoms with van der Waals surface area (Å²) in [6.45, 7) is 17.5. The fourth-order valence-electron chi connectivity index (χ4n) is 3.98. The molecule has 3 heterocycles. The van der Waals surface area contributed by atoms with E-state index in [0.717, 1.165) is 41.2 Å². The Balaban J connectivity index is 1.55. The number of pyridine rings is 1. The normalized spacial score (nSPS) is 14.5. The van der Waals surface area contributed by atoms with E-state index < -0.39 is 8.32 Å². The standard InChI is InChI=1S/C28H40N6O3Si/c1-20-7-8-29-17-22(20)18-31-23-15-21(27(35)30-9-12-37-38(5,6)28(2,3)4)16-24-26(23)33-25(19-32-24)34-10-13-36-14-11-34/h7-8,15-17,19,31H,9-14,18H2,1-6H3,(H,30,35). The van der Waals surface area contributed by atoms with Gasteiger partial charge >= 0.3 is 0 Å². The lowest BCUT2D eigenvalue weighted by atomic mass is 10.1. The second-order valence-electron chi connectivity index (χ2n) is 11.2. The molecule has 2 N–H and O–H groups in total. The molecule has 9 nitrogen and oxygen atoms in total. The Morgan fingerprint density at radius 3 is 2.66 bits per heavy atom. The van der Waals surface area contributed by atoms with Gasteiger partial charge in [-0.05, 0) is 54.4 Å². The second kappa shape index (κ2) is 11.8. The summed E-state index contributed by atoms with van der Waals surface area (Å²) in [5.41, 5.74) is 4.91.